The summed E-state index contributed by atoms with van der Waals surface area (Å²) in [5, 5.41) is 0. The van der Waals surface area contributed by atoms with Crippen molar-refractivity contribution in [2.24, 2.45) is 23.2 Å². The van der Waals surface area contributed by atoms with Crippen LogP contribution in [-0.4, -0.2) is 0 Å². The van der Waals surface area contributed by atoms with Crippen molar-refractivity contribution in [2.45, 2.75) is 43.4 Å². The van der Waals surface area contributed by atoms with Gasteiger partial charge in [-0.15, -0.1) is 11.6 Å². The van der Waals surface area contributed by atoms with Crippen LogP contribution in [0.15, 0.2) is 60.7 Å². The molecule has 124 valence electrons. The molecule has 4 aliphatic carbocycles. The third kappa shape index (κ3) is 2.05. The normalized spacial score (nSPS) is 34.5. The Morgan fingerprint density at radius 1 is 0.667 bits per heavy atom. The highest BCUT2D eigenvalue weighted by molar-refractivity contribution is 6.26. The maximum Gasteiger partial charge on any atom is 0.1000 e. The van der Waals surface area contributed by atoms with Crippen LogP contribution in [0.25, 0.3) is 0 Å². The highest BCUT2D eigenvalue weighted by Crippen LogP contribution is 2.69. The first-order valence-electron chi connectivity index (χ1n) is 9.50. The van der Waals surface area contributed by atoms with Gasteiger partial charge in [0.25, 0.3) is 0 Å². The zero-order valence-corrected chi connectivity index (χ0v) is 14.9. The van der Waals surface area contributed by atoms with E-state index in [2.05, 4.69) is 60.7 Å². The standard InChI is InChI=1S/C23H25Cl/c24-23(20-7-3-1-4-8-20,21-9-5-2-6-10-21)22-14-17-11-18(15-22)13-19(12-17)16-22/h1-10,17-19H,11-16H2. The van der Waals surface area contributed by atoms with E-state index in [1.54, 1.807) is 0 Å². The smallest absolute Gasteiger partial charge is 0.1000 e. The molecule has 0 radical (unpaired) electrons. The molecular weight excluding hydrogens is 312 g/mol. The lowest BCUT2D eigenvalue weighted by atomic mass is 9.45. The molecule has 4 saturated carbocycles. The van der Waals surface area contributed by atoms with E-state index in [1.807, 2.05) is 0 Å². The van der Waals surface area contributed by atoms with Crippen molar-refractivity contribution in [3.63, 3.8) is 0 Å². The molecule has 0 atom stereocenters. The van der Waals surface area contributed by atoms with Gasteiger partial charge in [0.15, 0.2) is 0 Å². The predicted octanol–water partition coefficient (Wildman–Crippen LogP) is 6.39. The van der Waals surface area contributed by atoms with Crippen LogP contribution in [0.4, 0.5) is 0 Å². The predicted molar refractivity (Wildman–Crippen MR) is 100 cm³/mol. The SMILES string of the molecule is ClC(c1ccccc1)(c1ccccc1)C12CC3CC(CC(C3)C1)C2. The third-order valence-corrected chi connectivity index (χ3v) is 7.95. The average Bonchev–Trinajstić information content (AvgIpc) is 2.61. The van der Waals surface area contributed by atoms with Crippen molar-refractivity contribution in [3.05, 3.63) is 71.8 Å². The monoisotopic (exact) mass is 336 g/mol. The molecular formula is C23H25Cl. The van der Waals surface area contributed by atoms with E-state index >= 15 is 0 Å². The first kappa shape index (κ1) is 15.0. The number of hydrogen-bond donors (Lipinski definition) is 0. The summed E-state index contributed by atoms with van der Waals surface area (Å²) in [6.07, 6.45) is 8.30. The molecule has 0 saturated heterocycles. The molecule has 0 aliphatic heterocycles. The quantitative estimate of drug-likeness (QED) is 0.570. The Kier molecular flexibility index (Phi) is 3.36. The Labute approximate surface area is 150 Å². The average molecular weight is 337 g/mol. The Hall–Kier alpha value is -1.27. The molecule has 0 heterocycles. The van der Waals surface area contributed by atoms with E-state index in [1.165, 1.54) is 49.7 Å². The molecule has 0 nitrogen and oxygen atoms in total. The molecule has 0 unspecified atom stereocenters. The van der Waals surface area contributed by atoms with Crippen LogP contribution < -0.4 is 0 Å². The van der Waals surface area contributed by atoms with Gasteiger partial charge in [0.05, 0.1) is 4.87 Å². The third-order valence-electron chi connectivity index (χ3n) is 7.11. The highest BCUT2D eigenvalue weighted by Gasteiger charge is 2.61. The Morgan fingerprint density at radius 3 is 1.42 bits per heavy atom. The zero-order chi connectivity index (χ0) is 16.2. The first-order chi connectivity index (χ1) is 11.7. The second-order valence-electron chi connectivity index (χ2n) is 8.59. The van der Waals surface area contributed by atoms with Gasteiger partial charge in [-0.1, -0.05) is 60.7 Å². The van der Waals surface area contributed by atoms with Crippen LogP contribution in [0.5, 0.6) is 0 Å². The summed E-state index contributed by atoms with van der Waals surface area (Å²) < 4.78 is 0. The van der Waals surface area contributed by atoms with Gasteiger partial charge in [-0.25, -0.2) is 0 Å². The fourth-order valence-electron chi connectivity index (χ4n) is 6.65. The zero-order valence-electron chi connectivity index (χ0n) is 14.1. The molecule has 4 aliphatic rings. The molecule has 1 heteroatoms. The van der Waals surface area contributed by atoms with Gasteiger partial charge in [-0.05, 0) is 72.8 Å². The largest absolute Gasteiger partial charge is 0.108 e. The van der Waals surface area contributed by atoms with Crippen LogP contribution >= 0.6 is 11.6 Å². The summed E-state index contributed by atoms with van der Waals surface area (Å²) in [4.78, 5) is -0.383. The molecule has 6 rings (SSSR count). The minimum Gasteiger partial charge on any atom is -0.108 e. The minimum absolute atomic E-state index is 0.228. The molecule has 0 N–H and O–H groups in total. The van der Waals surface area contributed by atoms with Crippen molar-refractivity contribution in [3.8, 4) is 0 Å². The highest BCUT2D eigenvalue weighted by atomic mass is 35.5. The summed E-state index contributed by atoms with van der Waals surface area (Å²) in [7, 11) is 0. The van der Waals surface area contributed by atoms with Gasteiger partial charge in [-0.2, -0.15) is 0 Å². The van der Waals surface area contributed by atoms with Crippen molar-refractivity contribution in [1.29, 1.82) is 0 Å². The van der Waals surface area contributed by atoms with Gasteiger partial charge >= 0.3 is 0 Å². The summed E-state index contributed by atoms with van der Waals surface area (Å²) in [5.74, 6) is 2.71. The Balaban J connectivity index is 1.70. The van der Waals surface area contributed by atoms with E-state index in [0.29, 0.717) is 0 Å². The van der Waals surface area contributed by atoms with Crippen LogP contribution in [0, 0.1) is 23.2 Å². The maximum absolute atomic E-state index is 7.71. The number of hydrogen-bond acceptors (Lipinski definition) is 0. The lowest BCUT2D eigenvalue weighted by Crippen LogP contribution is -2.55. The number of benzene rings is 2. The molecule has 4 fully saturated rings. The lowest BCUT2D eigenvalue weighted by Gasteiger charge is -2.62. The number of alkyl halides is 1. The van der Waals surface area contributed by atoms with Crippen LogP contribution in [0.2, 0.25) is 0 Å². The van der Waals surface area contributed by atoms with Crippen LogP contribution in [0.1, 0.15) is 49.7 Å². The summed E-state index contributed by atoms with van der Waals surface area (Å²) >= 11 is 7.71. The second-order valence-corrected chi connectivity index (χ2v) is 9.16. The molecule has 2 aromatic rings. The van der Waals surface area contributed by atoms with Crippen LogP contribution in [-0.2, 0) is 4.87 Å². The van der Waals surface area contributed by atoms with E-state index in [-0.39, 0.29) is 10.3 Å². The molecule has 24 heavy (non-hydrogen) atoms. The van der Waals surface area contributed by atoms with Crippen molar-refractivity contribution >= 4 is 11.6 Å². The molecule has 2 aromatic carbocycles. The van der Waals surface area contributed by atoms with Gasteiger partial charge in [0.1, 0.15) is 0 Å². The van der Waals surface area contributed by atoms with E-state index in [9.17, 15) is 0 Å². The fraction of sp³-hybridized carbons (Fsp3) is 0.478. The van der Waals surface area contributed by atoms with E-state index < -0.39 is 0 Å². The fourth-order valence-corrected chi connectivity index (χ4v) is 7.13. The topological polar surface area (TPSA) is 0 Å². The number of rotatable bonds is 3. The maximum atomic E-state index is 7.71. The number of halogens is 1. The summed E-state index contributed by atoms with van der Waals surface area (Å²) in [6, 6.07) is 21.8. The Bertz CT molecular complexity index is 643. The minimum atomic E-state index is -0.383. The van der Waals surface area contributed by atoms with E-state index in [0.717, 1.165) is 17.8 Å². The van der Waals surface area contributed by atoms with Gasteiger partial charge < -0.3 is 0 Å². The molecule has 0 spiro atoms. The van der Waals surface area contributed by atoms with E-state index in [4.69, 9.17) is 11.6 Å². The summed E-state index contributed by atoms with van der Waals surface area (Å²) in [6.45, 7) is 0. The molecule has 0 amide bonds. The van der Waals surface area contributed by atoms with Crippen LogP contribution in [0.3, 0.4) is 0 Å². The van der Waals surface area contributed by atoms with Crippen molar-refractivity contribution in [1.82, 2.24) is 0 Å². The lowest BCUT2D eigenvalue weighted by molar-refractivity contribution is -0.0713. The molecule has 4 bridgehead atoms. The van der Waals surface area contributed by atoms with Gasteiger partial charge in [0, 0.05) is 0 Å². The van der Waals surface area contributed by atoms with Gasteiger partial charge in [-0.3, -0.25) is 0 Å². The molecule has 0 aromatic heterocycles. The Morgan fingerprint density at radius 2 is 1.04 bits per heavy atom. The second kappa shape index (κ2) is 5.36. The first-order valence-corrected chi connectivity index (χ1v) is 9.87. The summed E-state index contributed by atoms with van der Waals surface area (Å²) in [5.41, 5.74) is 2.81. The van der Waals surface area contributed by atoms with Crippen molar-refractivity contribution < 1.29 is 0 Å². The van der Waals surface area contributed by atoms with Gasteiger partial charge in [0.2, 0.25) is 0 Å². The van der Waals surface area contributed by atoms with Crippen molar-refractivity contribution in [2.75, 3.05) is 0 Å².